The highest BCUT2D eigenvalue weighted by atomic mass is 16.5. The fraction of sp³-hybridized carbons (Fsp3) is 0.333. The van der Waals surface area contributed by atoms with Gasteiger partial charge < -0.3 is 20.7 Å². The Morgan fingerprint density at radius 3 is 2.30 bits per heavy atom. The molecule has 3 amide bonds. The summed E-state index contributed by atoms with van der Waals surface area (Å²) in [7, 11) is 0. The molecular formula is C21H25N3O3. The summed E-state index contributed by atoms with van der Waals surface area (Å²) in [6.45, 7) is 3.30. The number of carbonyl (C=O) groups excluding carboxylic acids is 2. The van der Waals surface area contributed by atoms with Crippen molar-refractivity contribution in [1.29, 1.82) is 0 Å². The lowest BCUT2D eigenvalue weighted by Crippen LogP contribution is -2.35. The Morgan fingerprint density at radius 1 is 1.00 bits per heavy atom. The number of anilines is 2. The van der Waals surface area contributed by atoms with Gasteiger partial charge in [-0.3, -0.25) is 4.79 Å². The van der Waals surface area contributed by atoms with E-state index in [1.54, 1.807) is 24.3 Å². The van der Waals surface area contributed by atoms with E-state index < -0.39 is 0 Å². The smallest absolute Gasteiger partial charge is 0.319 e. The number of nitrogens with one attached hydrogen (secondary N) is 3. The summed E-state index contributed by atoms with van der Waals surface area (Å²) in [5.41, 5.74) is 3.50. The average Bonchev–Trinajstić information content (AvgIpc) is 3.17. The van der Waals surface area contributed by atoms with Crippen LogP contribution in [0.4, 0.5) is 16.2 Å². The fourth-order valence-corrected chi connectivity index (χ4v) is 2.92. The molecule has 1 aliphatic rings. The van der Waals surface area contributed by atoms with Crippen LogP contribution in [0, 0.1) is 6.92 Å². The van der Waals surface area contributed by atoms with Crippen molar-refractivity contribution in [2.45, 2.75) is 32.3 Å². The van der Waals surface area contributed by atoms with Gasteiger partial charge >= 0.3 is 6.03 Å². The number of urea groups is 1. The number of hydrogen-bond donors (Lipinski definition) is 3. The minimum atomic E-state index is -0.262. The molecule has 1 aliphatic heterocycles. The van der Waals surface area contributed by atoms with E-state index in [2.05, 4.69) is 16.0 Å². The molecule has 1 saturated heterocycles. The van der Waals surface area contributed by atoms with Gasteiger partial charge in [-0.2, -0.15) is 0 Å². The zero-order valence-electron chi connectivity index (χ0n) is 15.5. The molecule has 3 rings (SSSR count). The van der Waals surface area contributed by atoms with E-state index in [1.165, 1.54) is 5.56 Å². The molecule has 3 N–H and O–H groups in total. The molecule has 1 fully saturated rings. The van der Waals surface area contributed by atoms with Crippen LogP contribution in [0.2, 0.25) is 0 Å². The van der Waals surface area contributed by atoms with E-state index in [0.29, 0.717) is 24.3 Å². The maximum absolute atomic E-state index is 12.1. The molecule has 2 aromatic rings. The van der Waals surface area contributed by atoms with E-state index in [1.807, 2.05) is 31.2 Å². The molecular weight excluding hydrogens is 342 g/mol. The Labute approximate surface area is 159 Å². The molecule has 1 heterocycles. The molecule has 6 nitrogen and oxygen atoms in total. The predicted octanol–water partition coefficient (Wildman–Crippen LogP) is 3.48. The highest BCUT2D eigenvalue weighted by molar-refractivity contribution is 5.93. The molecule has 0 bridgehead atoms. The van der Waals surface area contributed by atoms with Gasteiger partial charge in [0.1, 0.15) is 0 Å². The molecule has 1 unspecified atom stereocenters. The number of rotatable bonds is 6. The quantitative estimate of drug-likeness (QED) is 0.731. The van der Waals surface area contributed by atoms with Crippen LogP contribution < -0.4 is 16.0 Å². The van der Waals surface area contributed by atoms with Crippen LogP contribution >= 0.6 is 0 Å². The minimum absolute atomic E-state index is 0.0751. The van der Waals surface area contributed by atoms with Crippen molar-refractivity contribution in [3.63, 3.8) is 0 Å². The Balaban J connectivity index is 1.44. The van der Waals surface area contributed by atoms with Gasteiger partial charge in [0.2, 0.25) is 5.91 Å². The van der Waals surface area contributed by atoms with Gasteiger partial charge in [0.15, 0.2) is 0 Å². The van der Waals surface area contributed by atoms with Crippen LogP contribution in [-0.2, 0) is 16.0 Å². The van der Waals surface area contributed by atoms with Crippen molar-refractivity contribution >= 4 is 23.3 Å². The van der Waals surface area contributed by atoms with Gasteiger partial charge in [-0.15, -0.1) is 0 Å². The summed E-state index contributed by atoms with van der Waals surface area (Å²) in [5, 5.41) is 8.44. The topological polar surface area (TPSA) is 79.5 Å². The van der Waals surface area contributed by atoms with Crippen LogP contribution in [-0.4, -0.2) is 31.2 Å². The molecule has 0 radical (unpaired) electrons. The van der Waals surface area contributed by atoms with Crippen molar-refractivity contribution in [3.8, 4) is 0 Å². The first-order valence-electron chi connectivity index (χ1n) is 9.20. The molecule has 6 heteroatoms. The van der Waals surface area contributed by atoms with Crippen LogP contribution in [0.15, 0.2) is 48.5 Å². The third-order valence-corrected chi connectivity index (χ3v) is 4.43. The molecule has 0 spiro atoms. The van der Waals surface area contributed by atoms with Crippen molar-refractivity contribution in [3.05, 3.63) is 59.7 Å². The van der Waals surface area contributed by atoms with Gasteiger partial charge in [0, 0.05) is 24.5 Å². The Morgan fingerprint density at radius 2 is 1.67 bits per heavy atom. The van der Waals surface area contributed by atoms with Gasteiger partial charge in [-0.1, -0.05) is 29.8 Å². The largest absolute Gasteiger partial charge is 0.376 e. The average molecular weight is 367 g/mol. The molecule has 1 atom stereocenters. The summed E-state index contributed by atoms with van der Waals surface area (Å²) in [4.78, 5) is 24.0. The second-order valence-corrected chi connectivity index (χ2v) is 6.76. The van der Waals surface area contributed by atoms with Crippen LogP contribution in [0.5, 0.6) is 0 Å². The van der Waals surface area contributed by atoms with Gasteiger partial charge in [0.05, 0.1) is 12.5 Å². The van der Waals surface area contributed by atoms with E-state index in [4.69, 9.17) is 4.74 Å². The number of amides is 3. The number of ether oxygens (including phenoxy) is 1. The Bertz CT molecular complexity index is 766. The molecule has 27 heavy (non-hydrogen) atoms. The second-order valence-electron chi connectivity index (χ2n) is 6.76. The first-order valence-corrected chi connectivity index (χ1v) is 9.20. The number of benzene rings is 2. The third-order valence-electron chi connectivity index (χ3n) is 4.43. The third kappa shape index (κ3) is 6.11. The summed E-state index contributed by atoms with van der Waals surface area (Å²) in [6.07, 6.45) is 2.47. The van der Waals surface area contributed by atoms with Gasteiger partial charge in [-0.25, -0.2) is 4.79 Å². The monoisotopic (exact) mass is 367 g/mol. The van der Waals surface area contributed by atoms with Crippen molar-refractivity contribution in [2.24, 2.45) is 0 Å². The van der Waals surface area contributed by atoms with Gasteiger partial charge in [-0.05, 0) is 49.6 Å². The molecule has 142 valence electrons. The summed E-state index contributed by atoms with van der Waals surface area (Å²) in [6, 6.07) is 14.7. The lowest BCUT2D eigenvalue weighted by Gasteiger charge is -2.12. The van der Waals surface area contributed by atoms with Crippen molar-refractivity contribution in [2.75, 3.05) is 23.8 Å². The van der Waals surface area contributed by atoms with E-state index in [-0.39, 0.29) is 18.0 Å². The van der Waals surface area contributed by atoms with E-state index in [9.17, 15) is 9.59 Å². The van der Waals surface area contributed by atoms with E-state index >= 15 is 0 Å². The summed E-state index contributed by atoms with van der Waals surface area (Å²) in [5.74, 6) is -0.0751. The van der Waals surface area contributed by atoms with Crippen LogP contribution in [0.1, 0.15) is 24.0 Å². The normalized spacial score (nSPS) is 16.0. The zero-order valence-corrected chi connectivity index (χ0v) is 15.5. The second kappa shape index (κ2) is 9.19. The first-order chi connectivity index (χ1) is 13.1. The maximum atomic E-state index is 12.1. The highest BCUT2D eigenvalue weighted by Gasteiger charge is 2.16. The molecule has 0 saturated carbocycles. The van der Waals surface area contributed by atoms with Crippen LogP contribution in [0.25, 0.3) is 0 Å². The number of hydrogen-bond acceptors (Lipinski definition) is 3. The zero-order chi connectivity index (χ0) is 19.1. The van der Waals surface area contributed by atoms with E-state index in [0.717, 1.165) is 25.0 Å². The first kappa shape index (κ1) is 18.9. The SMILES string of the molecule is Cc1ccc(CC(=O)Nc2ccc(NC(=O)NCC3CCCO3)cc2)cc1. The Kier molecular flexibility index (Phi) is 6.44. The standard InChI is InChI=1S/C21H25N3O3/c1-15-4-6-16(7-5-15)13-20(25)23-17-8-10-18(11-9-17)24-21(26)22-14-19-3-2-12-27-19/h4-11,19H,2-3,12-14H2,1H3,(H,23,25)(H2,22,24,26). The maximum Gasteiger partial charge on any atom is 0.319 e. The fourth-order valence-electron chi connectivity index (χ4n) is 2.92. The molecule has 2 aromatic carbocycles. The summed E-state index contributed by atoms with van der Waals surface area (Å²) < 4.78 is 5.47. The summed E-state index contributed by atoms with van der Waals surface area (Å²) >= 11 is 0. The lowest BCUT2D eigenvalue weighted by atomic mass is 10.1. The molecule has 0 aromatic heterocycles. The number of aryl methyl sites for hydroxylation is 1. The minimum Gasteiger partial charge on any atom is -0.376 e. The van der Waals surface area contributed by atoms with Crippen molar-refractivity contribution < 1.29 is 14.3 Å². The number of carbonyl (C=O) groups is 2. The van der Waals surface area contributed by atoms with Gasteiger partial charge in [0.25, 0.3) is 0 Å². The van der Waals surface area contributed by atoms with Crippen molar-refractivity contribution in [1.82, 2.24) is 5.32 Å². The highest BCUT2D eigenvalue weighted by Crippen LogP contribution is 2.15. The molecule has 0 aliphatic carbocycles. The Hall–Kier alpha value is -2.86. The lowest BCUT2D eigenvalue weighted by molar-refractivity contribution is -0.115. The van der Waals surface area contributed by atoms with Crippen LogP contribution in [0.3, 0.4) is 0 Å². The predicted molar refractivity (Wildman–Crippen MR) is 106 cm³/mol.